The molecule has 3 aromatic carbocycles. The van der Waals surface area contributed by atoms with Gasteiger partial charge in [0.1, 0.15) is 17.1 Å². The van der Waals surface area contributed by atoms with Gasteiger partial charge in [0.2, 0.25) is 0 Å². The molecule has 0 aliphatic heterocycles. The number of alkyl halides is 4. The maximum Gasteiger partial charge on any atom is 0.282 e. The smallest absolute Gasteiger partial charge is 0.282 e. The first-order valence-corrected chi connectivity index (χ1v) is 10.4. The molecule has 0 spiro atoms. The summed E-state index contributed by atoms with van der Waals surface area (Å²) in [5.74, 6) is 0.184. The number of allylic oxidation sites excluding steroid dienone is 1. The Hall–Kier alpha value is -3.94. The highest BCUT2D eigenvalue weighted by Crippen LogP contribution is 2.28. The molecule has 1 heterocycles. The van der Waals surface area contributed by atoms with Gasteiger partial charge in [-0.25, -0.2) is 17.6 Å². The highest BCUT2D eigenvalue weighted by molar-refractivity contribution is 6.08. The molecule has 0 atom stereocenters. The number of ether oxygens (including phenoxy) is 1. The highest BCUT2D eigenvalue weighted by Gasteiger charge is 2.22. The maximum atomic E-state index is 13.4. The van der Waals surface area contributed by atoms with E-state index < -0.39 is 24.2 Å². The summed E-state index contributed by atoms with van der Waals surface area (Å²) < 4.78 is 58.8. The fraction of sp³-hybridized carbons (Fsp3) is 0.154. The predicted molar refractivity (Wildman–Crippen MR) is 122 cm³/mol. The van der Waals surface area contributed by atoms with Crippen LogP contribution in [0.1, 0.15) is 45.7 Å². The second-order valence-electron chi connectivity index (χ2n) is 7.58. The first-order chi connectivity index (χ1) is 16.4. The van der Waals surface area contributed by atoms with Crippen LogP contribution in [-0.2, 0) is 6.54 Å². The SMILES string of the molecule is COc1ccc(/C=C/C(=O)c2ccc3ccccc3c2)cc1Cn1nc(C(F)F)cc1C(F)F. The molecule has 1 aromatic heterocycles. The van der Waals surface area contributed by atoms with Gasteiger partial charge in [0.15, 0.2) is 5.78 Å². The predicted octanol–water partition coefficient (Wildman–Crippen LogP) is 6.86. The standard InChI is InChI=1S/C26H20F4N2O2/c1-34-24-11-7-16(6-10-23(33)19-9-8-17-4-2-3-5-18(17)13-19)12-20(24)15-32-22(26(29)30)14-21(31-32)25(27)28/h2-14,25-26H,15H2,1H3/b10-6+. The Kier molecular flexibility index (Phi) is 6.77. The summed E-state index contributed by atoms with van der Waals surface area (Å²) in [6.45, 7) is -0.199. The van der Waals surface area contributed by atoms with Gasteiger partial charge in [0.25, 0.3) is 12.9 Å². The molecule has 0 aliphatic carbocycles. The number of carbonyl (C=O) groups excluding carboxylic acids is 1. The van der Waals surface area contributed by atoms with Crippen LogP contribution in [0.5, 0.6) is 5.75 Å². The number of nitrogens with zero attached hydrogens (tertiary/aromatic N) is 2. The number of benzene rings is 3. The minimum absolute atomic E-state index is 0.197. The van der Waals surface area contributed by atoms with E-state index >= 15 is 0 Å². The van der Waals surface area contributed by atoms with Gasteiger partial charge in [-0.15, -0.1) is 0 Å². The fourth-order valence-corrected chi connectivity index (χ4v) is 3.66. The van der Waals surface area contributed by atoms with E-state index in [-0.39, 0.29) is 12.3 Å². The van der Waals surface area contributed by atoms with Gasteiger partial charge >= 0.3 is 0 Å². The summed E-state index contributed by atoms with van der Waals surface area (Å²) in [6.07, 6.45) is -2.91. The molecule has 0 aliphatic rings. The fourth-order valence-electron chi connectivity index (χ4n) is 3.66. The molecule has 0 N–H and O–H groups in total. The van der Waals surface area contributed by atoms with E-state index in [2.05, 4.69) is 5.10 Å². The highest BCUT2D eigenvalue weighted by atomic mass is 19.3. The molecular formula is C26H20F4N2O2. The number of hydrogen-bond acceptors (Lipinski definition) is 3. The first-order valence-electron chi connectivity index (χ1n) is 10.4. The summed E-state index contributed by atoms with van der Waals surface area (Å²) in [5, 5.41) is 5.61. The van der Waals surface area contributed by atoms with Crippen molar-refractivity contribution < 1.29 is 27.1 Å². The molecule has 8 heteroatoms. The third kappa shape index (κ3) is 5.01. The number of carbonyl (C=O) groups is 1. The summed E-state index contributed by atoms with van der Waals surface area (Å²) >= 11 is 0. The van der Waals surface area contributed by atoms with Crippen molar-refractivity contribution in [3.8, 4) is 5.75 Å². The Morgan fingerprint density at radius 3 is 2.44 bits per heavy atom. The second kappa shape index (κ2) is 9.91. The zero-order valence-corrected chi connectivity index (χ0v) is 18.1. The Bertz CT molecular complexity index is 1360. The number of hydrogen-bond donors (Lipinski definition) is 0. The lowest BCUT2D eigenvalue weighted by molar-refractivity contribution is 0.104. The van der Waals surface area contributed by atoms with Gasteiger partial charge in [-0.05, 0) is 46.7 Å². The van der Waals surface area contributed by atoms with Crippen molar-refractivity contribution in [2.45, 2.75) is 19.4 Å². The molecule has 4 aromatic rings. The van der Waals surface area contributed by atoms with Crippen LogP contribution in [0.25, 0.3) is 16.8 Å². The number of ketones is 1. The van der Waals surface area contributed by atoms with E-state index in [1.165, 1.54) is 13.2 Å². The number of aromatic nitrogens is 2. The molecule has 4 nitrogen and oxygen atoms in total. The van der Waals surface area contributed by atoms with E-state index in [4.69, 9.17) is 4.74 Å². The quantitative estimate of drug-likeness (QED) is 0.161. The van der Waals surface area contributed by atoms with Gasteiger partial charge in [-0.1, -0.05) is 48.5 Å². The van der Waals surface area contributed by atoms with E-state index in [0.29, 0.717) is 28.5 Å². The second-order valence-corrected chi connectivity index (χ2v) is 7.58. The van der Waals surface area contributed by atoms with E-state index in [1.54, 1.807) is 30.3 Å². The third-order valence-corrected chi connectivity index (χ3v) is 5.36. The number of halogens is 4. The normalized spacial score (nSPS) is 11.7. The molecule has 0 amide bonds. The lowest BCUT2D eigenvalue weighted by Crippen LogP contribution is -2.08. The van der Waals surface area contributed by atoms with Crippen molar-refractivity contribution in [3.05, 3.63) is 101 Å². The monoisotopic (exact) mass is 468 g/mol. The van der Waals surface area contributed by atoms with E-state index in [9.17, 15) is 22.4 Å². The van der Waals surface area contributed by atoms with Gasteiger partial charge in [-0.3, -0.25) is 9.48 Å². The Morgan fingerprint density at radius 1 is 0.971 bits per heavy atom. The average Bonchev–Trinajstić information content (AvgIpc) is 3.27. The summed E-state index contributed by atoms with van der Waals surface area (Å²) in [6, 6.07) is 18.8. The van der Waals surface area contributed by atoms with Crippen LogP contribution in [0.2, 0.25) is 0 Å². The molecule has 0 radical (unpaired) electrons. The first kappa shape index (κ1) is 23.2. The molecule has 0 bridgehead atoms. The largest absolute Gasteiger partial charge is 0.496 e. The van der Waals surface area contributed by atoms with Gasteiger partial charge in [0, 0.05) is 11.1 Å². The lowest BCUT2D eigenvalue weighted by atomic mass is 10.0. The molecule has 0 fully saturated rings. The topological polar surface area (TPSA) is 44.1 Å². The minimum Gasteiger partial charge on any atom is -0.496 e. The van der Waals surface area contributed by atoms with Crippen LogP contribution in [0, 0.1) is 0 Å². The Morgan fingerprint density at radius 2 is 1.74 bits per heavy atom. The van der Waals surface area contributed by atoms with Crippen molar-refractivity contribution in [1.29, 1.82) is 0 Å². The number of methoxy groups -OCH3 is 1. The molecule has 0 unspecified atom stereocenters. The minimum atomic E-state index is -2.96. The molecule has 4 rings (SSSR count). The maximum absolute atomic E-state index is 13.4. The molecule has 0 saturated carbocycles. The third-order valence-electron chi connectivity index (χ3n) is 5.36. The molecule has 0 saturated heterocycles. The average molecular weight is 468 g/mol. The van der Waals surface area contributed by atoms with Crippen molar-refractivity contribution in [1.82, 2.24) is 9.78 Å². The van der Waals surface area contributed by atoms with E-state index in [1.807, 2.05) is 36.4 Å². The molecule has 174 valence electrons. The number of rotatable bonds is 8. The lowest BCUT2D eigenvalue weighted by Gasteiger charge is -2.12. The van der Waals surface area contributed by atoms with Crippen LogP contribution in [-0.4, -0.2) is 22.7 Å². The van der Waals surface area contributed by atoms with Crippen LogP contribution < -0.4 is 4.74 Å². The number of fused-ring (bicyclic) bond motifs is 1. The van der Waals surface area contributed by atoms with Crippen molar-refractivity contribution >= 4 is 22.6 Å². The van der Waals surface area contributed by atoms with E-state index in [0.717, 1.165) is 15.5 Å². The summed E-state index contributed by atoms with van der Waals surface area (Å²) in [4.78, 5) is 12.7. The summed E-state index contributed by atoms with van der Waals surface area (Å²) in [5.41, 5.74) is 0.274. The van der Waals surface area contributed by atoms with Crippen LogP contribution in [0.4, 0.5) is 17.6 Å². The summed E-state index contributed by atoms with van der Waals surface area (Å²) in [7, 11) is 1.42. The van der Waals surface area contributed by atoms with Crippen LogP contribution in [0.3, 0.4) is 0 Å². The van der Waals surface area contributed by atoms with Gasteiger partial charge in [0.05, 0.1) is 13.7 Å². The van der Waals surface area contributed by atoms with Crippen LogP contribution >= 0.6 is 0 Å². The Balaban J connectivity index is 1.60. The molecular weight excluding hydrogens is 448 g/mol. The Labute approximate surface area is 193 Å². The molecule has 34 heavy (non-hydrogen) atoms. The van der Waals surface area contributed by atoms with Crippen LogP contribution in [0.15, 0.2) is 72.8 Å². The van der Waals surface area contributed by atoms with Gasteiger partial charge in [-0.2, -0.15) is 5.10 Å². The van der Waals surface area contributed by atoms with Gasteiger partial charge < -0.3 is 4.74 Å². The zero-order valence-electron chi connectivity index (χ0n) is 18.1. The van der Waals surface area contributed by atoms with Crippen molar-refractivity contribution in [2.24, 2.45) is 0 Å². The van der Waals surface area contributed by atoms with Crippen molar-refractivity contribution in [3.63, 3.8) is 0 Å². The van der Waals surface area contributed by atoms with Crippen molar-refractivity contribution in [2.75, 3.05) is 7.11 Å². The zero-order chi connectivity index (χ0) is 24.2.